The summed E-state index contributed by atoms with van der Waals surface area (Å²) in [6.07, 6.45) is 5.50. The van der Waals surface area contributed by atoms with Crippen LogP contribution in [0.1, 0.15) is 63.4 Å². The molecule has 1 aromatic carbocycles. The van der Waals surface area contributed by atoms with Gasteiger partial charge in [-0.05, 0) is 24.8 Å². The summed E-state index contributed by atoms with van der Waals surface area (Å²) < 4.78 is 0. The van der Waals surface area contributed by atoms with Gasteiger partial charge in [0, 0.05) is 25.4 Å². The largest absolute Gasteiger partial charge is 0.355 e. The number of nitrogens with one attached hydrogen (secondary N) is 2. The molecule has 27 heavy (non-hydrogen) atoms. The fourth-order valence-electron chi connectivity index (χ4n) is 4.14. The highest BCUT2D eigenvalue weighted by Gasteiger charge is 2.50. The van der Waals surface area contributed by atoms with Gasteiger partial charge in [-0.25, -0.2) is 4.79 Å². The van der Waals surface area contributed by atoms with Gasteiger partial charge in [0.15, 0.2) is 0 Å². The molecule has 4 amide bonds. The number of hydrogen-bond donors (Lipinski definition) is 2. The summed E-state index contributed by atoms with van der Waals surface area (Å²) in [6, 6.07) is 9.75. The molecule has 0 radical (unpaired) electrons. The van der Waals surface area contributed by atoms with E-state index in [9.17, 15) is 14.4 Å². The van der Waals surface area contributed by atoms with Crippen LogP contribution in [0.25, 0.3) is 0 Å². The van der Waals surface area contributed by atoms with Gasteiger partial charge in [0.1, 0.15) is 5.54 Å². The molecule has 0 bridgehead atoms. The maximum atomic E-state index is 12.7. The number of benzene rings is 1. The lowest BCUT2D eigenvalue weighted by atomic mass is 9.82. The van der Waals surface area contributed by atoms with Crippen molar-refractivity contribution in [1.82, 2.24) is 15.5 Å². The Morgan fingerprint density at radius 2 is 1.89 bits per heavy atom. The smallest absolute Gasteiger partial charge is 0.325 e. The molecule has 1 heterocycles. The molecule has 2 fully saturated rings. The lowest BCUT2D eigenvalue weighted by Gasteiger charge is -2.30. The Hall–Kier alpha value is -2.37. The first kappa shape index (κ1) is 19.4. The zero-order chi connectivity index (χ0) is 19.3. The van der Waals surface area contributed by atoms with Gasteiger partial charge in [0.05, 0.1) is 0 Å². The highest BCUT2D eigenvalue weighted by molar-refractivity contribution is 6.07. The summed E-state index contributed by atoms with van der Waals surface area (Å²) in [6.45, 7) is 2.80. The van der Waals surface area contributed by atoms with Crippen LogP contribution in [0.15, 0.2) is 30.3 Å². The zero-order valence-electron chi connectivity index (χ0n) is 16.0. The summed E-state index contributed by atoms with van der Waals surface area (Å²) in [7, 11) is 0. The average Bonchev–Trinajstić information content (AvgIpc) is 2.91. The van der Waals surface area contributed by atoms with Crippen molar-refractivity contribution in [1.29, 1.82) is 0 Å². The van der Waals surface area contributed by atoms with Crippen LogP contribution in [-0.4, -0.2) is 41.4 Å². The third kappa shape index (κ3) is 4.31. The standard InChI is InChI=1S/C21H29N3O3/c1-2-16(17-9-5-3-6-10-17)15-22-18(25)11-14-24-19(26)21(23-20(24)27)12-7-4-8-13-21/h3,5-6,9-10,16H,2,4,7-8,11-15H2,1H3,(H,22,25)(H,23,27)/t16-/m0/s1. The van der Waals surface area contributed by atoms with E-state index in [-0.39, 0.29) is 36.7 Å². The molecule has 2 N–H and O–H groups in total. The number of nitrogens with zero attached hydrogens (tertiary/aromatic N) is 1. The first-order chi connectivity index (χ1) is 13.1. The summed E-state index contributed by atoms with van der Waals surface area (Å²) in [4.78, 5) is 38.4. The molecule has 3 rings (SSSR count). The van der Waals surface area contributed by atoms with Gasteiger partial charge in [0.2, 0.25) is 5.91 Å². The second-order valence-corrected chi connectivity index (χ2v) is 7.60. The Morgan fingerprint density at radius 3 is 2.56 bits per heavy atom. The molecule has 1 saturated heterocycles. The molecular formula is C21H29N3O3. The Balaban J connectivity index is 1.49. The first-order valence-electron chi connectivity index (χ1n) is 10.0. The van der Waals surface area contributed by atoms with E-state index in [1.54, 1.807) is 0 Å². The Morgan fingerprint density at radius 1 is 1.19 bits per heavy atom. The molecule has 146 valence electrons. The summed E-state index contributed by atoms with van der Waals surface area (Å²) in [5.41, 5.74) is 0.487. The fourth-order valence-corrected chi connectivity index (χ4v) is 4.14. The predicted molar refractivity (Wildman–Crippen MR) is 103 cm³/mol. The van der Waals surface area contributed by atoms with Gasteiger partial charge < -0.3 is 10.6 Å². The van der Waals surface area contributed by atoms with E-state index >= 15 is 0 Å². The molecule has 1 atom stereocenters. The van der Waals surface area contributed by atoms with Crippen molar-refractivity contribution in [2.24, 2.45) is 0 Å². The summed E-state index contributed by atoms with van der Waals surface area (Å²) in [5, 5.41) is 5.83. The van der Waals surface area contributed by atoms with Gasteiger partial charge in [-0.2, -0.15) is 0 Å². The van der Waals surface area contributed by atoms with Crippen molar-refractivity contribution in [2.75, 3.05) is 13.1 Å². The first-order valence-corrected chi connectivity index (χ1v) is 10.0. The third-order valence-electron chi connectivity index (χ3n) is 5.82. The summed E-state index contributed by atoms with van der Waals surface area (Å²) >= 11 is 0. The molecule has 1 saturated carbocycles. The highest BCUT2D eigenvalue weighted by Crippen LogP contribution is 2.33. The van der Waals surface area contributed by atoms with Crippen molar-refractivity contribution in [3.63, 3.8) is 0 Å². The van der Waals surface area contributed by atoms with Crippen molar-refractivity contribution in [3.8, 4) is 0 Å². The molecule has 2 aliphatic rings. The van der Waals surface area contributed by atoms with Crippen LogP contribution in [0.4, 0.5) is 4.79 Å². The molecule has 1 aliphatic heterocycles. The van der Waals surface area contributed by atoms with Crippen molar-refractivity contribution in [3.05, 3.63) is 35.9 Å². The number of urea groups is 1. The van der Waals surface area contributed by atoms with Crippen LogP contribution in [0.2, 0.25) is 0 Å². The quantitative estimate of drug-likeness (QED) is 0.724. The number of rotatable bonds is 7. The third-order valence-corrected chi connectivity index (χ3v) is 5.82. The number of carbonyl (C=O) groups excluding carboxylic acids is 3. The van der Waals surface area contributed by atoms with Crippen LogP contribution in [0.5, 0.6) is 0 Å². The number of hydrogen-bond acceptors (Lipinski definition) is 3. The molecule has 6 heteroatoms. The SMILES string of the molecule is CC[C@@H](CNC(=O)CCN1C(=O)NC2(CCCCC2)C1=O)c1ccccc1. The van der Waals surface area contributed by atoms with Crippen LogP contribution in [0, 0.1) is 0 Å². The minimum Gasteiger partial charge on any atom is -0.355 e. The second-order valence-electron chi connectivity index (χ2n) is 7.60. The fraction of sp³-hybridized carbons (Fsp3) is 0.571. The second kappa shape index (κ2) is 8.55. The summed E-state index contributed by atoms with van der Waals surface area (Å²) in [5.74, 6) is -0.0253. The zero-order valence-corrected chi connectivity index (χ0v) is 16.0. The van der Waals surface area contributed by atoms with E-state index in [0.29, 0.717) is 19.4 Å². The molecule has 0 unspecified atom stereocenters. The Bertz CT molecular complexity index is 683. The minimum absolute atomic E-state index is 0.130. The van der Waals surface area contributed by atoms with Crippen molar-refractivity contribution in [2.45, 2.75) is 63.3 Å². The lowest BCUT2D eigenvalue weighted by Crippen LogP contribution is -2.48. The van der Waals surface area contributed by atoms with Gasteiger partial charge in [-0.15, -0.1) is 0 Å². The van der Waals surface area contributed by atoms with Crippen LogP contribution < -0.4 is 10.6 Å². The van der Waals surface area contributed by atoms with Crippen molar-refractivity contribution >= 4 is 17.8 Å². The van der Waals surface area contributed by atoms with Gasteiger partial charge in [-0.1, -0.05) is 56.5 Å². The topological polar surface area (TPSA) is 78.5 Å². The molecule has 1 spiro atoms. The lowest BCUT2D eigenvalue weighted by molar-refractivity contribution is -0.132. The maximum Gasteiger partial charge on any atom is 0.325 e. The highest BCUT2D eigenvalue weighted by atomic mass is 16.2. The van der Waals surface area contributed by atoms with Crippen LogP contribution in [-0.2, 0) is 9.59 Å². The van der Waals surface area contributed by atoms with E-state index in [0.717, 1.165) is 25.7 Å². The average molecular weight is 371 g/mol. The molecule has 1 aromatic rings. The van der Waals surface area contributed by atoms with Crippen molar-refractivity contribution < 1.29 is 14.4 Å². The number of imide groups is 1. The van der Waals surface area contributed by atoms with E-state index < -0.39 is 5.54 Å². The van der Waals surface area contributed by atoms with Gasteiger partial charge >= 0.3 is 6.03 Å². The number of amides is 4. The van der Waals surface area contributed by atoms with E-state index in [2.05, 4.69) is 29.7 Å². The molecule has 1 aliphatic carbocycles. The Kier molecular flexibility index (Phi) is 6.14. The van der Waals surface area contributed by atoms with E-state index in [1.165, 1.54) is 10.5 Å². The molecule has 0 aromatic heterocycles. The van der Waals surface area contributed by atoms with Gasteiger partial charge in [-0.3, -0.25) is 14.5 Å². The predicted octanol–water partition coefficient (Wildman–Crippen LogP) is 2.94. The normalized spacial score (nSPS) is 19.8. The molecular weight excluding hydrogens is 342 g/mol. The maximum absolute atomic E-state index is 12.7. The van der Waals surface area contributed by atoms with E-state index in [4.69, 9.17) is 0 Å². The van der Waals surface area contributed by atoms with Crippen LogP contribution >= 0.6 is 0 Å². The monoisotopic (exact) mass is 371 g/mol. The minimum atomic E-state index is -0.716. The molecule has 6 nitrogen and oxygen atoms in total. The van der Waals surface area contributed by atoms with Crippen LogP contribution in [0.3, 0.4) is 0 Å². The Labute approximate surface area is 160 Å². The van der Waals surface area contributed by atoms with Gasteiger partial charge in [0.25, 0.3) is 5.91 Å². The number of carbonyl (C=O) groups is 3. The van der Waals surface area contributed by atoms with E-state index in [1.807, 2.05) is 18.2 Å².